The quantitative estimate of drug-likeness (QED) is 0.841. The number of carbonyl (C=O) groups is 2. The second-order valence-electron chi connectivity index (χ2n) is 4.69. The molecular formula is C14H14Cl2N4O2. The number of benzene rings is 1. The van der Waals surface area contributed by atoms with Crippen LogP contribution >= 0.6 is 23.2 Å². The molecule has 1 aromatic heterocycles. The summed E-state index contributed by atoms with van der Waals surface area (Å²) < 4.78 is 1.54. The van der Waals surface area contributed by atoms with Crippen LogP contribution in [0.1, 0.15) is 21.7 Å². The molecular weight excluding hydrogens is 327 g/mol. The summed E-state index contributed by atoms with van der Waals surface area (Å²) in [6.45, 7) is 3.69. The van der Waals surface area contributed by atoms with Crippen molar-refractivity contribution in [2.45, 2.75) is 20.4 Å². The van der Waals surface area contributed by atoms with Crippen molar-refractivity contribution in [1.29, 1.82) is 0 Å². The van der Waals surface area contributed by atoms with E-state index in [9.17, 15) is 9.59 Å². The maximum absolute atomic E-state index is 12.0. The fourth-order valence-electron chi connectivity index (χ4n) is 1.88. The van der Waals surface area contributed by atoms with Gasteiger partial charge in [-0.25, -0.2) is 0 Å². The van der Waals surface area contributed by atoms with E-state index in [4.69, 9.17) is 23.2 Å². The van der Waals surface area contributed by atoms with Crippen molar-refractivity contribution < 1.29 is 9.59 Å². The van der Waals surface area contributed by atoms with Gasteiger partial charge in [0, 0.05) is 5.69 Å². The lowest BCUT2D eigenvalue weighted by atomic mass is 10.2. The van der Waals surface area contributed by atoms with E-state index in [1.54, 1.807) is 16.8 Å². The van der Waals surface area contributed by atoms with E-state index < -0.39 is 11.8 Å². The van der Waals surface area contributed by atoms with E-state index in [2.05, 4.69) is 16.0 Å². The number of amides is 2. The van der Waals surface area contributed by atoms with Crippen molar-refractivity contribution in [2.24, 2.45) is 0 Å². The number of nitrogens with one attached hydrogen (secondary N) is 2. The minimum absolute atomic E-state index is 0.00321. The molecule has 2 aromatic rings. The van der Waals surface area contributed by atoms with Gasteiger partial charge in [-0.3, -0.25) is 25.1 Å². The van der Waals surface area contributed by atoms with Crippen LogP contribution in [-0.4, -0.2) is 21.6 Å². The Kier molecular flexibility index (Phi) is 5.05. The van der Waals surface area contributed by atoms with Crippen molar-refractivity contribution >= 4 is 35.0 Å². The molecule has 0 saturated carbocycles. The minimum Gasteiger partial charge on any atom is -0.271 e. The molecule has 2 rings (SSSR count). The lowest BCUT2D eigenvalue weighted by Crippen LogP contribution is -2.43. The molecule has 0 unspecified atom stereocenters. The second kappa shape index (κ2) is 6.81. The average molecular weight is 341 g/mol. The molecule has 0 spiro atoms. The Labute approximate surface area is 137 Å². The van der Waals surface area contributed by atoms with Crippen molar-refractivity contribution in [1.82, 2.24) is 20.6 Å². The van der Waals surface area contributed by atoms with Crippen LogP contribution in [0.2, 0.25) is 10.0 Å². The normalized spacial score (nSPS) is 10.4. The molecule has 116 valence electrons. The molecule has 0 aliphatic carbocycles. The number of halogens is 2. The highest BCUT2D eigenvalue weighted by Crippen LogP contribution is 2.25. The van der Waals surface area contributed by atoms with E-state index in [1.165, 1.54) is 6.07 Å². The van der Waals surface area contributed by atoms with Gasteiger partial charge in [-0.05, 0) is 32.0 Å². The monoisotopic (exact) mass is 340 g/mol. The molecule has 0 atom stereocenters. The van der Waals surface area contributed by atoms with Gasteiger partial charge in [-0.1, -0.05) is 29.3 Å². The third-order valence-corrected chi connectivity index (χ3v) is 3.73. The highest BCUT2D eigenvalue weighted by atomic mass is 35.5. The SMILES string of the molecule is Cc1cc(C)n(CC(=O)NNC(=O)c2cccc(Cl)c2Cl)n1. The highest BCUT2D eigenvalue weighted by Gasteiger charge is 2.14. The van der Waals surface area contributed by atoms with Crippen LogP contribution in [0.5, 0.6) is 0 Å². The first-order chi connectivity index (χ1) is 10.4. The van der Waals surface area contributed by atoms with Gasteiger partial charge in [0.15, 0.2) is 0 Å². The van der Waals surface area contributed by atoms with Gasteiger partial charge in [-0.2, -0.15) is 5.10 Å². The van der Waals surface area contributed by atoms with Crippen LogP contribution in [0.25, 0.3) is 0 Å². The first-order valence-corrected chi connectivity index (χ1v) is 7.18. The van der Waals surface area contributed by atoms with Crippen LogP contribution in [0.15, 0.2) is 24.3 Å². The molecule has 22 heavy (non-hydrogen) atoms. The largest absolute Gasteiger partial charge is 0.271 e. The summed E-state index contributed by atoms with van der Waals surface area (Å²) in [5.41, 5.74) is 6.46. The fraction of sp³-hybridized carbons (Fsp3) is 0.214. The second-order valence-corrected chi connectivity index (χ2v) is 5.47. The van der Waals surface area contributed by atoms with Gasteiger partial charge >= 0.3 is 0 Å². The number of hydrogen-bond acceptors (Lipinski definition) is 3. The summed E-state index contributed by atoms with van der Waals surface area (Å²) in [7, 11) is 0. The summed E-state index contributed by atoms with van der Waals surface area (Å²) in [5, 5.41) is 4.57. The van der Waals surface area contributed by atoms with Crippen LogP contribution in [0.4, 0.5) is 0 Å². The summed E-state index contributed by atoms with van der Waals surface area (Å²) >= 11 is 11.8. The van der Waals surface area contributed by atoms with Gasteiger partial charge in [0.25, 0.3) is 11.8 Å². The number of rotatable bonds is 3. The van der Waals surface area contributed by atoms with Gasteiger partial charge in [0.1, 0.15) is 6.54 Å². The first kappa shape index (κ1) is 16.3. The predicted octanol–water partition coefficient (Wildman–Crippen LogP) is 2.27. The third kappa shape index (κ3) is 3.78. The Hall–Kier alpha value is -2.05. The molecule has 0 saturated heterocycles. The molecule has 1 aromatic carbocycles. The zero-order valence-corrected chi connectivity index (χ0v) is 13.5. The minimum atomic E-state index is -0.547. The van der Waals surface area contributed by atoms with Crippen LogP contribution in [0, 0.1) is 13.8 Å². The van der Waals surface area contributed by atoms with Gasteiger partial charge < -0.3 is 0 Å². The number of carbonyl (C=O) groups excluding carboxylic acids is 2. The van der Waals surface area contributed by atoms with Crippen molar-refractivity contribution in [3.63, 3.8) is 0 Å². The predicted molar refractivity (Wildman–Crippen MR) is 83.8 cm³/mol. The van der Waals surface area contributed by atoms with E-state index in [0.29, 0.717) is 0 Å². The number of hydrogen-bond donors (Lipinski definition) is 2. The molecule has 1 heterocycles. The Morgan fingerprint density at radius 2 is 1.95 bits per heavy atom. The van der Waals surface area contributed by atoms with E-state index in [0.717, 1.165) is 11.4 Å². The van der Waals surface area contributed by atoms with E-state index in [1.807, 2.05) is 19.9 Å². The fourth-order valence-corrected chi connectivity index (χ4v) is 2.27. The molecule has 0 radical (unpaired) electrons. The molecule has 0 fully saturated rings. The number of hydrazine groups is 1. The van der Waals surface area contributed by atoms with Crippen molar-refractivity contribution in [3.8, 4) is 0 Å². The van der Waals surface area contributed by atoms with Crippen LogP contribution < -0.4 is 10.9 Å². The zero-order valence-electron chi connectivity index (χ0n) is 12.0. The highest BCUT2D eigenvalue weighted by molar-refractivity contribution is 6.43. The lowest BCUT2D eigenvalue weighted by Gasteiger charge is -2.09. The molecule has 2 amide bonds. The van der Waals surface area contributed by atoms with Gasteiger partial charge in [-0.15, -0.1) is 0 Å². The third-order valence-electron chi connectivity index (χ3n) is 2.91. The number of nitrogens with zero attached hydrogens (tertiary/aromatic N) is 2. The van der Waals surface area contributed by atoms with Gasteiger partial charge in [0.2, 0.25) is 0 Å². The molecule has 2 N–H and O–H groups in total. The standard InChI is InChI=1S/C14H14Cl2N4O2/c1-8-6-9(2)20(19-8)7-12(21)17-18-14(22)10-4-3-5-11(15)13(10)16/h3-6H,7H2,1-2H3,(H,17,21)(H,18,22). The Morgan fingerprint density at radius 3 is 2.59 bits per heavy atom. The summed E-state index contributed by atoms with van der Waals surface area (Å²) in [4.78, 5) is 23.8. The summed E-state index contributed by atoms with van der Waals surface area (Å²) in [6, 6.07) is 6.54. The lowest BCUT2D eigenvalue weighted by molar-refractivity contribution is -0.122. The summed E-state index contributed by atoms with van der Waals surface area (Å²) in [6.07, 6.45) is 0. The Bertz CT molecular complexity index is 728. The molecule has 0 aliphatic heterocycles. The Balaban J connectivity index is 1.95. The van der Waals surface area contributed by atoms with Crippen molar-refractivity contribution in [2.75, 3.05) is 0 Å². The maximum Gasteiger partial charge on any atom is 0.271 e. The first-order valence-electron chi connectivity index (χ1n) is 6.42. The Morgan fingerprint density at radius 1 is 1.23 bits per heavy atom. The van der Waals surface area contributed by atoms with E-state index in [-0.39, 0.29) is 22.2 Å². The average Bonchev–Trinajstić information content (AvgIpc) is 2.77. The van der Waals surface area contributed by atoms with E-state index >= 15 is 0 Å². The summed E-state index contributed by atoms with van der Waals surface area (Å²) in [5.74, 6) is -0.952. The number of aromatic nitrogens is 2. The molecule has 8 heteroatoms. The zero-order chi connectivity index (χ0) is 16.3. The van der Waals surface area contributed by atoms with Gasteiger partial charge in [0.05, 0.1) is 21.3 Å². The molecule has 0 aliphatic rings. The maximum atomic E-state index is 12.0. The number of aryl methyl sites for hydroxylation is 2. The van der Waals surface area contributed by atoms with Crippen molar-refractivity contribution in [3.05, 3.63) is 51.3 Å². The smallest absolute Gasteiger partial charge is 0.271 e. The molecule has 0 bridgehead atoms. The molecule has 6 nitrogen and oxygen atoms in total. The topological polar surface area (TPSA) is 76.0 Å². The van der Waals surface area contributed by atoms with Crippen LogP contribution in [0.3, 0.4) is 0 Å². The van der Waals surface area contributed by atoms with Crippen LogP contribution in [-0.2, 0) is 11.3 Å².